The Kier molecular flexibility index (Phi) is 10.2. The van der Waals surface area contributed by atoms with E-state index in [0.29, 0.717) is 33.2 Å². The second-order valence-corrected chi connectivity index (χ2v) is 14.1. The summed E-state index contributed by atoms with van der Waals surface area (Å²) in [7, 11) is 0.352. The normalized spacial score (nSPS) is 11.7. The van der Waals surface area contributed by atoms with Gasteiger partial charge in [0.05, 0.1) is 34.0 Å². The van der Waals surface area contributed by atoms with Gasteiger partial charge in [-0.05, 0) is 111 Å². The summed E-state index contributed by atoms with van der Waals surface area (Å²) in [6.45, 7) is 3.98. The molecule has 0 aliphatic heterocycles. The number of nitrogens with zero attached hydrogens (tertiary/aromatic N) is 4. The molecule has 11 heteroatoms. The number of halogens is 1. The molecule has 1 heterocycles. The molecule has 0 atom stereocenters. The number of hydrogen-bond donors (Lipinski definition) is 1. The fourth-order valence-corrected chi connectivity index (χ4v) is 6.72. The second kappa shape index (κ2) is 14.3. The summed E-state index contributed by atoms with van der Waals surface area (Å²) in [6.07, 6.45) is 0.294. The highest BCUT2D eigenvalue weighted by atomic mass is 35.5. The molecule has 0 spiro atoms. The molecule has 0 radical (unpaired) electrons. The maximum atomic E-state index is 13.5. The number of azo groups is 1. The third-order valence-corrected chi connectivity index (χ3v) is 9.95. The third kappa shape index (κ3) is 7.96. The molecule has 0 unspecified atom stereocenters. The van der Waals surface area contributed by atoms with E-state index in [4.69, 9.17) is 11.6 Å². The Morgan fingerprint density at radius 3 is 2.09 bits per heavy atom. The van der Waals surface area contributed by atoms with E-state index in [1.54, 1.807) is 41.0 Å². The van der Waals surface area contributed by atoms with Gasteiger partial charge >= 0.3 is 0 Å². The zero-order chi connectivity index (χ0) is 33.7. The van der Waals surface area contributed by atoms with Crippen LogP contribution in [0.25, 0.3) is 10.9 Å². The van der Waals surface area contributed by atoms with Gasteiger partial charge in [-0.1, -0.05) is 23.2 Å². The van der Waals surface area contributed by atoms with Gasteiger partial charge in [0.1, 0.15) is 0 Å². The zero-order valence-electron chi connectivity index (χ0n) is 26.7. The first-order valence-corrected chi connectivity index (χ1v) is 17.2. The first kappa shape index (κ1) is 33.6. The Labute approximate surface area is 279 Å². The number of carbonyl (C=O) groups excluding carboxylic acids is 2. The lowest BCUT2D eigenvalue weighted by Gasteiger charge is -2.11. The van der Waals surface area contributed by atoms with Crippen LogP contribution in [0.4, 0.5) is 17.1 Å². The minimum Gasteiger partial charge on any atom is -0.378 e. The largest absolute Gasteiger partial charge is 0.378 e. The van der Waals surface area contributed by atoms with Crippen LogP contribution in [0.3, 0.4) is 0 Å². The lowest BCUT2D eigenvalue weighted by molar-refractivity contribution is -0.120. The summed E-state index contributed by atoms with van der Waals surface area (Å²) in [4.78, 5) is 28.7. The molecule has 47 heavy (non-hydrogen) atoms. The first-order valence-electron chi connectivity index (χ1n) is 15.1. The van der Waals surface area contributed by atoms with Gasteiger partial charge in [0.2, 0.25) is 5.91 Å². The van der Waals surface area contributed by atoms with Gasteiger partial charge in [0.25, 0.3) is 5.91 Å². The van der Waals surface area contributed by atoms with Crippen molar-refractivity contribution in [1.29, 1.82) is 0 Å². The second-order valence-electron chi connectivity index (χ2n) is 11.5. The number of amides is 1. The Bertz CT molecular complexity index is 2050. The molecule has 0 aliphatic rings. The van der Waals surface area contributed by atoms with Crippen molar-refractivity contribution in [3.05, 3.63) is 118 Å². The van der Waals surface area contributed by atoms with Crippen LogP contribution in [0.15, 0.2) is 106 Å². The van der Waals surface area contributed by atoms with Gasteiger partial charge in [-0.25, -0.2) is 8.42 Å². The molecule has 4 aromatic carbocycles. The average molecular weight is 670 g/mol. The predicted molar refractivity (Wildman–Crippen MR) is 187 cm³/mol. The molecule has 9 nitrogen and oxygen atoms in total. The fraction of sp³-hybridized carbons (Fsp3) is 0.222. The van der Waals surface area contributed by atoms with E-state index < -0.39 is 9.84 Å². The van der Waals surface area contributed by atoms with Crippen LogP contribution in [0.2, 0.25) is 5.02 Å². The average Bonchev–Trinajstić information content (AvgIpc) is 3.32. The highest BCUT2D eigenvalue weighted by Gasteiger charge is 2.22. The summed E-state index contributed by atoms with van der Waals surface area (Å²) in [5.41, 5.74) is 5.91. The van der Waals surface area contributed by atoms with Crippen molar-refractivity contribution in [3.63, 3.8) is 0 Å². The monoisotopic (exact) mass is 669 g/mol. The van der Waals surface area contributed by atoms with E-state index >= 15 is 0 Å². The van der Waals surface area contributed by atoms with Gasteiger partial charge in [-0.3, -0.25) is 14.2 Å². The summed E-state index contributed by atoms with van der Waals surface area (Å²) in [5.74, 6) is -0.591. The maximum Gasteiger partial charge on any atom is 0.262 e. The molecule has 242 valence electrons. The van der Waals surface area contributed by atoms with E-state index in [9.17, 15) is 18.0 Å². The summed E-state index contributed by atoms with van der Waals surface area (Å²) >= 11 is 6.02. The molecular weight excluding hydrogens is 634 g/mol. The smallest absolute Gasteiger partial charge is 0.262 e. The van der Waals surface area contributed by atoms with Crippen LogP contribution < -0.4 is 10.2 Å². The van der Waals surface area contributed by atoms with Crippen molar-refractivity contribution in [3.8, 4) is 0 Å². The van der Waals surface area contributed by atoms with Gasteiger partial charge in [0.15, 0.2) is 9.84 Å². The van der Waals surface area contributed by atoms with Crippen LogP contribution in [-0.4, -0.2) is 51.2 Å². The van der Waals surface area contributed by atoms with Crippen molar-refractivity contribution in [2.24, 2.45) is 10.2 Å². The molecule has 0 saturated carbocycles. The van der Waals surface area contributed by atoms with Crippen LogP contribution >= 0.6 is 11.6 Å². The van der Waals surface area contributed by atoms with Crippen LogP contribution in [-0.2, 0) is 21.1 Å². The summed E-state index contributed by atoms with van der Waals surface area (Å²) in [5, 5.41) is 12.6. The van der Waals surface area contributed by atoms with E-state index in [0.717, 1.165) is 22.2 Å². The summed E-state index contributed by atoms with van der Waals surface area (Å²) < 4.78 is 27.5. The van der Waals surface area contributed by atoms with Crippen molar-refractivity contribution >= 4 is 61.2 Å². The van der Waals surface area contributed by atoms with Crippen LogP contribution in [0.1, 0.15) is 33.6 Å². The number of hydrogen-bond acceptors (Lipinski definition) is 7. The van der Waals surface area contributed by atoms with Crippen molar-refractivity contribution < 1.29 is 18.0 Å². The number of anilines is 1. The van der Waals surface area contributed by atoms with E-state index in [-0.39, 0.29) is 41.8 Å². The van der Waals surface area contributed by atoms with E-state index in [1.807, 2.05) is 75.3 Å². The quantitative estimate of drug-likeness (QED) is 0.115. The third-order valence-electron chi connectivity index (χ3n) is 7.88. The van der Waals surface area contributed by atoms with E-state index in [2.05, 4.69) is 15.5 Å². The Hall–Kier alpha value is -4.80. The highest BCUT2D eigenvalue weighted by molar-refractivity contribution is 7.91. The van der Waals surface area contributed by atoms with Gasteiger partial charge < -0.3 is 10.2 Å². The molecule has 1 aromatic heterocycles. The minimum absolute atomic E-state index is 0.0508. The zero-order valence-corrected chi connectivity index (χ0v) is 28.3. The van der Waals surface area contributed by atoms with Gasteiger partial charge in [-0.15, -0.1) is 0 Å². The SMILES string of the molecule is Cc1ccc2c(c1)c(CC(=O)NCCCS(=O)(=O)c1ccc(N=Nc3ccc(N(C)C)cc3)cc1)c(C)n2C(=O)c1ccc(Cl)cc1. The van der Waals surface area contributed by atoms with Crippen LogP contribution in [0.5, 0.6) is 0 Å². The number of benzene rings is 4. The number of nitrogens with one attached hydrogen (secondary N) is 1. The number of aromatic nitrogens is 1. The Balaban J connectivity index is 1.18. The van der Waals surface area contributed by atoms with Gasteiger partial charge in [-0.2, -0.15) is 10.2 Å². The molecule has 0 aliphatic carbocycles. The van der Waals surface area contributed by atoms with Crippen molar-refractivity contribution in [1.82, 2.24) is 9.88 Å². The molecule has 1 amide bonds. The molecular formula is C36H36ClN5O4S. The summed E-state index contributed by atoms with van der Waals surface area (Å²) in [6, 6.07) is 26.4. The number of aryl methyl sites for hydroxylation is 1. The number of rotatable bonds is 11. The van der Waals surface area contributed by atoms with Gasteiger partial charge in [0, 0.05) is 48.0 Å². The fourth-order valence-electron chi connectivity index (χ4n) is 5.29. The molecule has 0 bridgehead atoms. The van der Waals surface area contributed by atoms with Crippen molar-refractivity contribution in [2.75, 3.05) is 31.3 Å². The van der Waals surface area contributed by atoms with Crippen LogP contribution in [0, 0.1) is 13.8 Å². The topological polar surface area (TPSA) is 113 Å². The lowest BCUT2D eigenvalue weighted by Crippen LogP contribution is -2.27. The van der Waals surface area contributed by atoms with E-state index in [1.165, 1.54) is 12.1 Å². The highest BCUT2D eigenvalue weighted by Crippen LogP contribution is 2.29. The maximum absolute atomic E-state index is 13.5. The number of carbonyl (C=O) groups is 2. The number of sulfone groups is 1. The lowest BCUT2D eigenvalue weighted by atomic mass is 10.1. The molecule has 0 saturated heterocycles. The predicted octanol–water partition coefficient (Wildman–Crippen LogP) is 7.60. The molecule has 0 fully saturated rings. The standard InChI is InChI=1S/C36H36ClN5O4S/c1-24-6-19-34-33(22-24)32(25(2)42(34)36(44)26-7-9-27(37)10-8-26)23-35(43)38-20-5-21-47(45,46)31-17-13-29(14-18-31)40-39-28-11-15-30(16-12-28)41(3)4/h6-19,22H,5,20-21,23H2,1-4H3,(H,38,43). The number of fused-ring (bicyclic) bond motifs is 1. The Morgan fingerprint density at radius 2 is 1.47 bits per heavy atom. The Morgan fingerprint density at radius 1 is 0.851 bits per heavy atom. The van der Waals surface area contributed by atoms with Crippen molar-refractivity contribution in [2.45, 2.75) is 31.6 Å². The molecule has 1 N–H and O–H groups in total. The first-order chi connectivity index (χ1) is 22.4. The molecule has 5 aromatic rings. The minimum atomic E-state index is -3.57. The molecule has 5 rings (SSSR count).